The second-order valence-corrected chi connectivity index (χ2v) is 8.24. The Bertz CT molecular complexity index is 1570. The van der Waals surface area contributed by atoms with Crippen molar-refractivity contribution in [1.82, 2.24) is 15.0 Å². The zero-order chi connectivity index (χ0) is 20.1. The molecule has 6 aromatic rings. The van der Waals surface area contributed by atoms with E-state index in [1.54, 1.807) is 0 Å². The van der Waals surface area contributed by atoms with Gasteiger partial charge in [-0.15, -0.1) is 0 Å². The summed E-state index contributed by atoms with van der Waals surface area (Å²) in [6, 6.07) is 31.1. The first-order valence-electron chi connectivity index (χ1n) is 9.80. The van der Waals surface area contributed by atoms with Crippen LogP contribution < -0.4 is 0 Å². The summed E-state index contributed by atoms with van der Waals surface area (Å²) in [5, 5.41) is 3.47. The van der Waals surface area contributed by atoms with Crippen LogP contribution in [0.3, 0.4) is 0 Å². The average molecular weight is 450 g/mol. The van der Waals surface area contributed by atoms with Gasteiger partial charge >= 0.3 is 0 Å². The fraction of sp³-hybridized carbons (Fsp3) is 0. The highest BCUT2D eigenvalue weighted by Gasteiger charge is 2.15. The van der Waals surface area contributed by atoms with Crippen molar-refractivity contribution in [2.75, 3.05) is 0 Å². The number of hydrogen-bond acceptors (Lipinski definition) is 2. The zero-order valence-corrected chi connectivity index (χ0v) is 17.5. The summed E-state index contributed by atoms with van der Waals surface area (Å²) < 4.78 is 1.01. The molecule has 6 rings (SSSR count). The van der Waals surface area contributed by atoms with Gasteiger partial charge in [-0.1, -0.05) is 82.7 Å². The van der Waals surface area contributed by atoms with Gasteiger partial charge in [0, 0.05) is 37.3 Å². The van der Waals surface area contributed by atoms with Gasteiger partial charge in [0.1, 0.15) is 0 Å². The van der Waals surface area contributed by atoms with Crippen LogP contribution in [-0.2, 0) is 0 Å². The van der Waals surface area contributed by atoms with Gasteiger partial charge < -0.3 is 4.98 Å². The molecule has 3 nitrogen and oxygen atoms in total. The molecule has 1 N–H and O–H groups in total. The highest BCUT2D eigenvalue weighted by molar-refractivity contribution is 9.10. The van der Waals surface area contributed by atoms with E-state index < -0.39 is 0 Å². The van der Waals surface area contributed by atoms with Gasteiger partial charge in [0.25, 0.3) is 0 Å². The third kappa shape index (κ3) is 2.72. The van der Waals surface area contributed by atoms with Crippen LogP contribution in [0.25, 0.3) is 55.4 Å². The van der Waals surface area contributed by atoms with Crippen LogP contribution in [0.15, 0.2) is 95.5 Å². The number of aromatic nitrogens is 3. The molecule has 4 heteroatoms. The highest BCUT2D eigenvalue weighted by atomic mass is 79.9. The van der Waals surface area contributed by atoms with E-state index >= 15 is 0 Å². The monoisotopic (exact) mass is 449 g/mol. The first-order valence-corrected chi connectivity index (χ1v) is 10.6. The van der Waals surface area contributed by atoms with Gasteiger partial charge in [0.05, 0.1) is 16.7 Å². The smallest absolute Gasteiger partial charge is 0.160 e. The van der Waals surface area contributed by atoms with Crippen molar-refractivity contribution in [2.24, 2.45) is 0 Å². The predicted molar refractivity (Wildman–Crippen MR) is 127 cm³/mol. The van der Waals surface area contributed by atoms with Crippen molar-refractivity contribution in [3.05, 3.63) is 95.5 Å². The van der Waals surface area contributed by atoms with Crippen molar-refractivity contribution < 1.29 is 0 Å². The molecule has 0 atom stereocenters. The maximum absolute atomic E-state index is 5.05. The van der Waals surface area contributed by atoms with Crippen LogP contribution in [0.5, 0.6) is 0 Å². The second-order valence-electron chi connectivity index (χ2n) is 7.32. The number of rotatable bonds is 2. The summed E-state index contributed by atoms with van der Waals surface area (Å²) in [5.41, 5.74) is 6.17. The summed E-state index contributed by atoms with van der Waals surface area (Å²) in [6.45, 7) is 0. The van der Waals surface area contributed by atoms with Crippen molar-refractivity contribution in [3.63, 3.8) is 0 Å². The summed E-state index contributed by atoms with van der Waals surface area (Å²) in [5.74, 6) is 0.720. The number of halogens is 1. The number of fused-ring (bicyclic) bond motifs is 4. The molecule has 0 saturated carbocycles. The van der Waals surface area contributed by atoms with E-state index in [0.717, 1.165) is 49.1 Å². The van der Waals surface area contributed by atoms with Gasteiger partial charge in [-0.25, -0.2) is 9.97 Å². The normalized spacial score (nSPS) is 11.5. The molecule has 0 bridgehead atoms. The Hall–Kier alpha value is -3.50. The van der Waals surface area contributed by atoms with E-state index in [4.69, 9.17) is 9.97 Å². The number of hydrogen-bond donors (Lipinski definition) is 1. The lowest BCUT2D eigenvalue weighted by Crippen LogP contribution is -1.95. The molecule has 2 aromatic heterocycles. The number of benzene rings is 4. The molecule has 0 fully saturated rings. The average Bonchev–Trinajstić information content (AvgIpc) is 3.17. The Morgan fingerprint density at radius 3 is 2.33 bits per heavy atom. The lowest BCUT2D eigenvalue weighted by Gasteiger charge is -2.10. The van der Waals surface area contributed by atoms with Crippen LogP contribution in [-0.4, -0.2) is 15.0 Å². The molecule has 0 unspecified atom stereocenters. The van der Waals surface area contributed by atoms with Gasteiger partial charge in [0.15, 0.2) is 5.82 Å². The minimum absolute atomic E-state index is 0.720. The SMILES string of the molecule is Brc1cccc(-c2nc(-c3cccc4c3[nH]c3ccccc34)c3ccccc3n2)c1. The third-order valence-corrected chi connectivity index (χ3v) is 5.98. The molecule has 0 aliphatic heterocycles. The van der Waals surface area contributed by atoms with Crippen molar-refractivity contribution in [1.29, 1.82) is 0 Å². The standard InChI is InChI=1S/C26H16BrN3/c27-17-8-5-7-16(15-17)26-29-23-14-4-2-10-20(23)25(30-26)21-12-6-11-19-18-9-1-3-13-22(18)28-24(19)21/h1-15,28H. The van der Waals surface area contributed by atoms with E-state index in [9.17, 15) is 0 Å². The fourth-order valence-corrected chi connectivity index (χ4v) is 4.51. The molecule has 0 aliphatic carbocycles. The molecule has 30 heavy (non-hydrogen) atoms. The van der Waals surface area contributed by atoms with E-state index in [1.165, 1.54) is 10.8 Å². The number of para-hydroxylation sites is 3. The van der Waals surface area contributed by atoms with Crippen LogP contribution in [0.1, 0.15) is 0 Å². The first-order chi connectivity index (χ1) is 14.8. The lowest BCUT2D eigenvalue weighted by molar-refractivity contribution is 1.23. The summed E-state index contributed by atoms with van der Waals surface area (Å²) >= 11 is 3.56. The van der Waals surface area contributed by atoms with Crippen LogP contribution in [0, 0.1) is 0 Å². The number of aromatic amines is 1. The lowest BCUT2D eigenvalue weighted by atomic mass is 10.0. The van der Waals surface area contributed by atoms with E-state index in [2.05, 4.69) is 75.5 Å². The maximum Gasteiger partial charge on any atom is 0.160 e. The Labute approximate surface area is 181 Å². The summed E-state index contributed by atoms with van der Waals surface area (Å²) in [6.07, 6.45) is 0. The second kappa shape index (κ2) is 6.78. The van der Waals surface area contributed by atoms with Crippen LogP contribution in [0.4, 0.5) is 0 Å². The molecule has 4 aromatic carbocycles. The molecule has 2 heterocycles. The third-order valence-electron chi connectivity index (χ3n) is 5.48. The van der Waals surface area contributed by atoms with Crippen LogP contribution in [0.2, 0.25) is 0 Å². The topological polar surface area (TPSA) is 41.6 Å². The quantitative estimate of drug-likeness (QED) is 0.299. The van der Waals surface area contributed by atoms with E-state index in [0.29, 0.717) is 0 Å². The van der Waals surface area contributed by atoms with Crippen molar-refractivity contribution in [2.45, 2.75) is 0 Å². The Kier molecular flexibility index (Phi) is 3.93. The Morgan fingerprint density at radius 2 is 1.43 bits per heavy atom. The number of nitrogens with zero attached hydrogens (tertiary/aromatic N) is 2. The molecule has 0 amide bonds. The molecular formula is C26H16BrN3. The van der Waals surface area contributed by atoms with Crippen molar-refractivity contribution in [3.8, 4) is 22.6 Å². The van der Waals surface area contributed by atoms with E-state index in [-0.39, 0.29) is 0 Å². The first kappa shape index (κ1) is 17.4. The summed E-state index contributed by atoms with van der Waals surface area (Å²) in [7, 11) is 0. The molecule has 0 saturated heterocycles. The van der Waals surface area contributed by atoms with Gasteiger partial charge in [0.2, 0.25) is 0 Å². The Balaban J connectivity index is 1.70. The van der Waals surface area contributed by atoms with E-state index in [1.807, 2.05) is 36.4 Å². The molecular weight excluding hydrogens is 434 g/mol. The number of nitrogens with one attached hydrogen (secondary N) is 1. The van der Waals surface area contributed by atoms with Crippen molar-refractivity contribution >= 4 is 48.6 Å². The largest absolute Gasteiger partial charge is 0.354 e. The van der Waals surface area contributed by atoms with Gasteiger partial charge in [-0.2, -0.15) is 0 Å². The van der Waals surface area contributed by atoms with Gasteiger partial charge in [-0.3, -0.25) is 0 Å². The van der Waals surface area contributed by atoms with Crippen LogP contribution >= 0.6 is 15.9 Å². The molecule has 0 aliphatic rings. The molecule has 142 valence electrons. The highest BCUT2D eigenvalue weighted by Crippen LogP contribution is 2.36. The minimum Gasteiger partial charge on any atom is -0.354 e. The maximum atomic E-state index is 5.05. The molecule has 0 radical (unpaired) electrons. The minimum atomic E-state index is 0.720. The zero-order valence-electron chi connectivity index (χ0n) is 15.9. The number of H-pyrrole nitrogens is 1. The fourth-order valence-electron chi connectivity index (χ4n) is 4.11. The summed E-state index contributed by atoms with van der Waals surface area (Å²) in [4.78, 5) is 13.5. The molecule has 0 spiro atoms. The predicted octanol–water partition coefficient (Wildman–Crippen LogP) is 7.36. The van der Waals surface area contributed by atoms with Gasteiger partial charge in [-0.05, 0) is 24.3 Å². The Morgan fingerprint density at radius 1 is 0.667 bits per heavy atom.